The van der Waals surface area contributed by atoms with Crippen LogP contribution in [0, 0.1) is 0 Å². The standard InChI is InChI=1S/C20H27N3O3/c1-4-5-13-23(2)17-10-8-16(9-11-17)19(24)22-18-7-6-12-21-20(18)26-15-14-25-3/h6-12H,4-5,13-15H2,1-3H3,(H,22,24). The van der Waals surface area contributed by atoms with Crippen LogP contribution >= 0.6 is 0 Å². The Morgan fingerprint density at radius 1 is 1.19 bits per heavy atom. The van der Waals surface area contributed by atoms with Crippen molar-refractivity contribution < 1.29 is 14.3 Å². The first-order valence-electron chi connectivity index (χ1n) is 8.85. The highest BCUT2D eigenvalue weighted by molar-refractivity contribution is 6.05. The largest absolute Gasteiger partial charge is 0.474 e. The molecule has 0 spiro atoms. The highest BCUT2D eigenvalue weighted by Crippen LogP contribution is 2.22. The van der Waals surface area contributed by atoms with Crippen LogP contribution < -0.4 is 15.0 Å². The van der Waals surface area contributed by atoms with E-state index in [0.717, 1.165) is 25.1 Å². The lowest BCUT2D eigenvalue weighted by Gasteiger charge is -2.19. The van der Waals surface area contributed by atoms with Gasteiger partial charge in [0, 0.05) is 38.1 Å². The topological polar surface area (TPSA) is 63.7 Å². The number of benzene rings is 1. The quantitative estimate of drug-likeness (QED) is 0.658. The van der Waals surface area contributed by atoms with Gasteiger partial charge < -0.3 is 19.7 Å². The van der Waals surface area contributed by atoms with Gasteiger partial charge in [-0.1, -0.05) is 13.3 Å². The van der Waals surface area contributed by atoms with Crippen LogP contribution in [0.25, 0.3) is 0 Å². The van der Waals surface area contributed by atoms with Gasteiger partial charge in [-0.25, -0.2) is 4.98 Å². The molecule has 0 radical (unpaired) electrons. The third-order valence-corrected chi connectivity index (χ3v) is 3.96. The normalized spacial score (nSPS) is 10.4. The Bertz CT molecular complexity index is 689. The van der Waals surface area contributed by atoms with Crippen LogP contribution in [0.1, 0.15) is 30.1 Å². The van der Waals surface area contributed by atoms with Gasteiger partial charge in [0.1, 0.15) is 12.3 Å². The van der Waals surface area contributed by atoms with E-state index in [1.807, 2.05) is 24.3 Å². The number of pyridine rings is 1. The third-order valence-electron chi connectivity index (χ3n) is 3.96. The molecule has 1 amide bonds. The average Bonchev–Trinajstić information content (AvgIpc) is 2.67. The van der Waals surface area contributed by atoms with E-state index in [1.165, 1.54) is 0 Å². The molecular formula is C20H27N3O3. The third kappa shape index (κ3) is 5.74. The molecule has 2 rings (SSSR count). The lowest BCUT2D eigenvalue weighted by molar-refractivity contribution is 0.102. The maximum atomic E-state index is 12.5. The Morgan fingerprint density at radius 2 is 1.96 bits per heavy atom. The summed E-state index contributed by atoms with van der Waals surface area (Å²) in [5.74, 6) is 0.186. The predicted molar refractivity (Wildman–Crippen MR) is 104 cm³/mol. The number of unbranched alkanes of at least 4 members (excludes halogenated alkanes) is 1. The molecular weight excluding hydrogens is 330 g/mol. The van der Waals surface area contributed by atoms with Gasteiger partial charge in [-0.05, 0) is 42.8 Å². The number of rotatable bonds is 10. The van der Waals surface area contributed by atoms with E-state index in [4.69, 9.17) is 9.47 Å². The molecule has 0 aliphatic heterocycles. The summed E-state index contributed by atoms with van der Waals surface area (Å²) in [7, 11) is 3.66. The summed E-state index contributed by atoms with van der Waals surface area (Å²) >= 11 is 0. The molecule has 1 N–H and O–H groups in total. The summed E-state index contributed by atoms with van der Waals surface area (Å²) in [5, 5.41) is 2.86. The zero-order chi connectivity index (χ0) is 18.8. The minimum absolute atomic E-state index is 0.197. The van der Waals surface area contributed by atoms with E-state index in [-0.39, 0.29) is 5.91 Å². The van der Waals surface area contributed by atoms with Gasteiger partial charge >= 0.3 is 0 Å². The maximum Gasteiger partial charge on any atom is 0.255 e. The van der Waals surface area contributed by atoms with Crippen molar-refractivity contribution in [2.75, 3.05) is 44.1 Å². The lowest BCUT2D eigenvalue weighted by atomic mass is 10.1. The summed E-state index contributed by atoms with van der Waals surface area (Å²) in [5.41, 5.74) is 2.22. The van der Waals surface area contributed by atoms with Crippen molar-refractivity contribution in [2.24, 2.45) is 0 Å². The number of anilines is 2. The van der Waals surface area contributed by atoms with Crippen molar-refractivity contribution in [3.63, 3.8) is 0 Å². The number of hydrogen-bond donors (Lipinski definition) is 1. The summed E-state index contributed by atoms with van der Waals surface area (Å²) in [4.78, 5) is 18.9. The molecule has 0 aliphatic carbocycles. The van der Waals surface area contributed by atoms with E-state index in [9.17, 15) is 4.79 Å². The summed E-state index contributed by atoms with van der Waals surface area (Å²) in [6.07, 6.45) is 3.93. The zero-order valence-electron chi connectivity index (χ0n) is 15.7. The Morgan fingerprint density at radius 3 is 2.65 bits per heavy atom. The predicted octanol–water partition coefficient (Wildman–Crippen LogP) is 3.60. The molecule has 0 saturated heterocycles. The fraction of sp³-hybridized carbons (Fsp3) is 0.400. The SMILES string of the molecule is CCCCN(C)c1ccc(C(=O)Nc2cccnc2OCCOC)cc1. The van der Waals surface area contributed by atoms with Crippen LogP contribution in [0.2, 0.25) is 0 Å². The number of carbonyl (C=O) groups excluding carboxylic acids is 1. The molecule has 1 aromatic heterocycles. The molecule has 0 unspecified atom stereocenters. The number of carbonyl (C=O) groups is 1. The molecule has 6 heteroatoms. The molecule has 2 aromatic rings. The molecule has 6 nitrogen and oxygen atoms in total. The van der Waals surface area contributed by atoms with E-state index >= 15 is 0 Å². The lowest BCUT2D eigenvalue weighted by Crippen LogP contribution is -2.18. The fourth-order valence-corrected chi connectivity index (χ4v) is 2.41. The molecule has 0 bridgehead atoms. The van der Waals surface area contributed by atoms with Gasteiger partial charge in [-0.2, -0.15) is 0 Å². The first-order chi connectivity index (χ1) is 12.7. The summed E-state index contributed by atoms with van der Waals surface area (Å²) in [6.45, 7) is 4.00. The molecule has 1 heterocycles. The van der Waals surface area contributed by atoms with Crippen molar-refractivity contribution in [3.05, 3.63) is 48.2 Å². The fourth-order valence-electron chi connectivity index (χ4n) is 2.41. The number of nitrogens with zero attached hydrogens (tertiary/aromatic N) is 2. The van der Waals surface area contributed by atoms with Gasteiger partial charge in [0.05, 0.1) is 6.61 Å². The maximum absolute atomic E-state index is 12.5. The highest BCUT2D eigenvalue weighted by Gasteiger charge is 2.11. The number of methoxy groups -OCH3 is 1. The van der Waals surface area contributed by atoms with Crippen molar-refractivity contribution in [1.82, 2.24) is 4.98 Å². The van der Waals surface area contributed by atoms with Crippen LogP contribution in [0.4, 0.5) is 11.4 Å². The Labute approximate surface area is 155 Å². The summed E-state index contributed by atoms with van der Waals surface area (Å²) in [6, 6.07) is 11.1. The number of amides is 1. The monoisotopic (exact) mass is 357 g/mol. The first-order valence-corrected chi connectivity index (χ1v) is 8.85. The minimum Gasteiger partial charge on any atom is -0.474 e. The first kappa shape index (κ1) is 19.7. The number of nitrogens with one attached hydrogen (secondary N) is 1. The van der Waals surface area contributed by atoms with Crippen molar-refractivity contribution in [3.8, 4) is 5.88 Å². The molecule has 0 saturated carbocycles. The zero-order valence-corrected chi connectivity index (χ0v) is 15.7. The second kappa shape index (κ2) is 10.4. The van der Waals surface area contributed by atoms with Crippen LogP contribution in [0.15, 0.2) is 42.6 Å². The van der Waals surface area contributed by atoms with E-state index in [2.05, 4.69) is 29.2 Å². The van der Waals surface area contributed by atoms with Gasteiger partial charge in [0.2, 0.25) is 5.88 Å². The number of ether oxygens (including phenoxy) is 2. The molecule has 1 aromatic carbocycles. The highest BCUT2D eigenvalue weighted by atomic mass is 16.5. The van der Waals surface area contributed by atoms with Crippen LogP contribution in [0.3, 0.4) is 0 Å². The van der Waals surface area contributed by atoms with Crippen molar-refractivity contribution in [1.29, 1.82) is 0 Å². The Kier molecular flexibility index (Phi) is 7.89. The second-order valence-corrected chi connectivity index (χ2v) is 5.97. The number of aromatic nitrogens is 1. The minimum atomic E-state index is -0.197. The van der Waals surface area contributed by atoms with Crippen molar-refractivity contribution >= 4 is 17.3 Å². The van der Waals surface area contributed by atoms with Crippen LogP contribution in [-0.2, 0) is 4.74 Å². The Hall–Kier alpha value is -2.60. The molecule has 0 aliphatic rings. The molecule has 0 fully saturated rings. The van der Waals surface area contributed by atoms with Gasteiger partial charge in [0.15, 0.2) is 0 Å². The second-order valence-electron chi connectivity index (χ2n) is 5.97. The van der Waals surface area contributed by atoms with Gasteiger partial charge in [-0.15, -0.1) is 0 Å². The van der Waals surface area contributed by atoms with Crippen molar-refractivity contribution in [2.45, 2.75) is 19.8 Å². The van der Waals surface area contributed by atoms with Crippen LogP contribution in [0.5, 0.6) is 5.88 Å². The molecule has 26 heavy (non-hydrogen) atoms. The van der Waals surface area contributed by atoms with Crippen LogP contribution in [-0.4, -0.2) is 44.8 Å². The summed E-state index contributed by atoms with van der Waals surface area (Å²) < 4.78 is 10.5. The molecule has 140 valence electrons. The Balaban J connectivity index is 2.01. The average molecular weight is 357 g/mol. The van der Waals surface area contributed by atoms with Gasteiger partial charge in [0.25, 0.3) is 5.91 Å². The van der Waals surface area contributed by atoms with E-state index in [0.29, 0.717) is 30.3 Å². The van der Waals surface area contributed by atoms with E-state index < -0.39 is 0 Å². The smallest absolute Gasteiger partial charge is 0.255 e. The molecule has 0 atom stereocenters. The number of hydrogen-bond acceptors (Lipinski definition) is 5. The van der Waals surface area contributed by atoms with E-state index in [1.54, 1.807) is 25.4 Å². The van der Waals surface area contributed by atoms with Gasteiger partial charge in [-0.3, -0.25) is 4.79 Å².